The highest BCUT2D eigenvalue weighted by atomic mass is 16.5. The number of aryl methyl sites for hydroxylation is 1. The third-order valence-electron chi connectivity index (χ3n) is 4.45. The lowest BCUT2D eigenvalue weighted by atomic mass is 10.1. The van der Waals surface area contributed by atoms with Crippen molar-refractivity contribution < 1.29 is 9.47 Å². The number of aromatic amines is 1. The molecule has 2 heterocycles. The molecule has 4 aromatic rings. The highest BCUT2D eigenvalue weighted by molar-refractivity contribution is 6.10. The molecule has 0 unspecified atom stereocenters. The van der Waals surface area contributed by atoms with Gasteiger partial charge in [0.2, 0.25) is 0 Å². The number of hydrogen-bond donors (Lipinski definition) is 2. The molecule has 27 heavy (non-hydrogen) atoms. The Labute approximate surface area is 155 Å². The van der Waals surface area contributed by atoms with Crippen LogP contribution in [-0.2, 0) is 0 Å². The van der Waals surface area contributed by atoms with Gasteiger partial charge in [-0.15, -0.1) is 0 Å². The first-order chi connectivity index (χ1) is 13.1. The number of nitrogens with zero attached hydrogens (tertiary/aromatic N) is 3. The molecule has 0 radical (unpaired) electrons. The quantitative estimate of drug-likeness (QED) is 0.571. The van der Waals surface area contributed by atoms with E-state index in [4.69, 9.17) is 14.5 Å². The smallest absolute Gasteiger partial charge is 0.162 e. The molecule has 0 amide bonds. The number of ether oxygens (including phenoxy) is 2. The van der Waals surface area contributed by atoms with E-state index in [0.717, 1.165) is 33.2 Å². The fraction of sp³-hybridized carbons (Fsp3) is 0.150. The van der Waals surface area contributed by atoms with Crippen LogP contribution in [0.3, 0.4) is 0 Å². The number of nitrogens with one attached hydrogen (secondary N) is 2. The van der Waals surface area contributed by atoms with Gasteiger partial charge in [0, 0.05) is 28.2 Å². The minimum atomic E-state index is 0.563. The lowest BCUT2D eigenvalue weighted by Crippen LogP contribution is -1.98. The minimum absolute atomic E-state index is 0.563. The van der Waals surface area contributed by atoms with E-state index in [9.17, 15) is 5.26 Å². The van der Waals surface area contributed by atoms with Gasteiger partial charge in [0.15, 0.2) is 17.3 Å². The summed E-state index contributed by atoms with van der Waals surface area (Å²) >= 11 is 0. The molecule has 7 nitrogen and oxygen atoms in total. The first-order valence-electron chi connectivity index (χ1n) is 8.32. The molecule has 0 fully saturated rings. The van der Waals surface area contributed by atoms with Gasteiger partial charge in [0.25, 0.3) is 0 Å². The Bertz CT molecular complexity index is 1210. The number of pyridine rings is 1. The molecule has 0 saturated carbocycles. The summed E-state index contributed by atoms with van der Waals surface area (Å²) in [6.07, 6.45) is 0. The first kappa shape index (κ1) is 16.7. The number of benzene rings is 2. The Hall–Kier alpha value is -3.79. The number of aromatic nitrogens is 3. The average Bonchev–Trinajstić information content (AvgIpc) is 3.09. The van der Waals surface area contributed by atoms with Crippen molar-refractivity contribution in [2.75, 3.05) is 19.5 Å². The fourth-order valence-corrected chi connectivity index (χ4v) is 3.15. The van der Waals surface area contributed by atoms with Crippen molar-refractivity contribution in [1.29, 1.82) is 5.26 Å². The van der Waals surface area contributed by atoms with Crippen molar-refractivity contribution in [1.82, 2.24) is 15.2 Å². The fourth-order valence-electron chi connectivity index (χ4n) is 3.15. The van der Waals surface area contributed by atoms with Crippen molar-refractivity contribution in [3.8, 4) is 17.6 Å². The Kier molecular flexibility index (Phi) is 4.01. The zero-order valence-corrected chi connectivity index (χ0v) is 15.1. The van der Waals surface area contributed by atoms with Crippen LogP contribution < -0.4 is 14.8 Å². The van der Waals surface area contributed by atoms with E-state index in [1.807, 2.05) is 31.2 Å². The number of fused-ring (bicyclic) bond motifs is 3. The Morgan fingerprint density at radius 2 is 1.89 bits per heavy atom. The van der Waals surface area contributed by atoms with Crippen molar-refractivity contribution in [2.24, 2.45) is 0 Å². The lowest BCUT2D eigenvalue weighted by Gasteiger charge is -2.12. The molecule has 2 aromatic carbocycles. The zero-order chi connectivity index (χ0) is 19.0. The van der Waals surface area contributed by atoms with Crippen LogP contribution in [0, 0.1) is 18.3 Å². The summed E-state index contributed by atoms with van der Waals surface area (Å²) < 4.78 is 10.6. The number of methoxy groups -OCH3 is 2. The van der Waals surface area contributed by atoms with Gasteiger partial charge in [-0.25, -0.2) is 4.98 Å². The lowest BCUT2D eigenvalue weighted by molar-refractivity contribution is 0.355. The average molecular weight is 359 g/mol. The van der Waals surface area contributed by atoms with Crippen LogP contribution in [-0.4, -0.2) is 29.4 Å². The normalized spacial score (nSPS) is 10.7. The Morgan fingerprint density at radius 1 is 1.07 bits per heavy atom. The van der Waals surface area contributed by atoms with Crippen molar-refractivity contribution >= 4 is 33.3 Å². The number of hydrogen-bond acceptors (Lipinski definition) is 6. The van der Waals surface area contributed by atoms with Crippen LogP contribution in [0.15, 0.2) is 36.4 Å². The van der Waals surface area contributed by atoms with Crippen LogP contribution >= 0.6 is 0 Å². The van der Waals surface area contributed by atoms with Crippen LogP contribution in [0.25, 0.3) is 21.8 Å². The van der Waals surface area contributed by atoms with E-state index < -0.39 is 0 Å². The Balaban J connectivity index is 1.89. The van der Waals surface area contributed by atoms with E-state index in [-0.39, 0.29) is 0 Å². The van der Waals surface area contributed by atoms with Crippen molar-refractivity contribution in [3.05, 3.63) is 47.7 Å². The maximum absolute atomic E-state index is 9.20. The molecule has 0 atom stereocenters. The molecule has 134 valence electrons. The van der Waals surface area contributed by atoms with Crippen LogP contribution in [0.4, 0.5) is 11.5 Å². The van der Waals surface area contributed by atoms with Gasteiger partial charge < -0.3 is 14.8 Å². The summed E-state index contributed by atoms with van der Waals surface area (Å²) in [5, 5.41) is 21.9. The third-order valence-corrected chi connectivity index (χ3v) is 4.45. The number of nitriles is 1. The molecule has 2 aromatic heterocycles. The molecule has 4 rings (SSSR count). The van der Waals surface area contributed by atoms with E-state index in [1.165, 1.54) is 0 Å². The Morgan fingerprint density at radius 3 is 2.63 bits per heavy atom. The van der Waals surface area contributed by atoms with E-state index in [2.05, 4.69) is 21.6 Å². The van der Waals surface area contributed by atoms with Crippen molar-refractivity contribution in [3.63, 3.8) is 0 Å². The summed E-state index contributed by atoms with van der Waals surface area (Å²) in [4.78, 5) is 4.70. The molecular formula is C20H17N5O2. The zero-order valence-electron chi connectivity index (χ0n) is 15.1. The first-order valence-corrected chi connectivity index (χ1v) is 8.32. The summed E-state index contributed by atoms with van der Waals surface area (Å²) in [6.45, 7) is 1.97. The summed E-state index contributed by atoms with van der Waals surface area (Å²) in [6, 6.07) is 13.2. The van der Waals surface area contributed by atoms with Gasteiger partial charge in [-0.2, -0.15) is 10.4 Å². The standard InChI is InChI=1S/C20H17N5O2/c1-11-18-14-6-4-12(10-21)8-15(14)23-20(19(18)25-24-11)22-13-5-7-16(26-2)17(9-13)27-3/h4-9H,1-3H3,(H,22,23)(H,24,25). The number of H-pyrrole nitrogens is 1. The van der Waals surface area contributed by atoms with Crippen molar-refractivity contribution in [2.45, 2.75) is 6.92 Å². The molecular weight excluding hydrogens is 342 g/mol. The predicted molar refractivity (Wildman–Crippen MR) is 104 cm³/mol. The van der Waals surface area contributed by atoms with Gasteiger partial charge in [-0.1, -0.05) is 6.07 Å². The molecule has 0 aliphatic heterocycles. The largest absolute Gasteiger partial charge is 0.493 e. The molecule has 0 spiro atoms. The van der Waals surface area contributed by atoms with E-state index in [1.54, 1.807) is 26.4 Å². The second kappa shape index (κ2) is 6.50. The van der Waals surface area contributed by atoms with Crippen LogP contribution in [0.2, 0.25) is 0 Å². The molecule has 0 bridgehead atoms. The summed E-state index contributed by atoms with van der Waals surface area (Å²) in [7, 11) is 3.19. The maximum atomic E-state index is 9.20. The van der Waals surface area contributed by atoms with Crippen LogP contribution in [0.5, 0.6) is 11.5 Å². The van der Waals surface area contributed by atoms with Gasteiger partial charge in [-0.05, 0) is 31.2 Å². The van der Waals surface area contributed by atoms with E-state index >= 15 is 0 Å². The maximum Gasteiger partial charge on any atom is 0.162 e. The van der Waals surface area contributed by atoms with E-state index in [0.29, 0.717) is 22.9 Å². The highest BCUT2D eigenvalue weighted by Gasteiger charge is 2.15. The molecule has 0 aliphatic rings. The summed E-state index contributed by atoms with van der Waals surface area (Å²) in [5.74, 6) is 1.86. The minimum Gasteiger partial charge on any atom is -0.493 e. The van der Waals surface area contributed by atoms with Gasteiger partial charge in [-0.3, -0.25) is 5.10 Å². The second-order valence-corrected chi connectivity index (χ2v) is 6.07. The third kappa shape index (κ3) is 2.77. The summed E-state index contributed by atoms with van der Waals surface area (Å²) in [5.41, 5.74) is 3.76. The number of anilines is 2. The number of rotatable bonds is 4. The van der Waals surface area contributed by atoms with Crippen LogP contribution in [0.1, 0.15) is 11.3 Å². The molecule has 0 aliphatic carbocycles. The molecule has 0 saturated heterocycles. The molecule has 7 heteroatoms. The van der Waals surface area contributed by atoms with Gasteiger partial charge in [0.05, 0.1) is 31.4 Å². The SMILES string of the molecule is COc1ccc(Nc2nc3cc(C#N)ccc3c3c(C)[nH]nc23)cc1OC. The highest BCUT2D eigenvalue weighted by Crippen LogP contribution is 2.34. The monoisotopic (exact) mass is 359 g/mol. The molecule has 2 N–H and O–H groups in total. The van der Waals surface area contributed by atoms with Gasteiger partial charge in [0.1, 0.15) is 5.52 Å². The topological polar surface area (TPSA) is 95.8 Å². The second-order valence-electron chi connectivity index (χ2n) is 6.07. The predicted octanol–water partition coefficient (Wildman–Crippen LogP) is 4.05. The van der Waals surface area contributed by atoms with Gasteiger partial charge >= 0.3 is 0 Å².